The Bertz CT molecular complexity index is 671. The lowest BCUT2D eigenvalue weighted by molar-refractivity contribution is -0.396. The third-order valence-electron chi connectivity index (χ3n) is 7.11. The highest BCUT2D eigenvalue weighted by Gasteiger charge is 2.70. The molecule has 4 N–H and O–H groups in total. The number of benzene rings is 1. The second kappa shape index (κ2) is 7.32. The van der Waals surface area contributed by atoms with Gasteiger partial charge in [0.1, 0.15) is 28.6 Å². The van der Waals surface area contributed by atoms with Gasteiger partial charge in [-0.2, -0.15) is 0 Å². The second-order valence-electron chi connectivity index (χ2n) is 8.95. The maximum absolute atomic E-state index is 11.2. The lowest BCUT2D eigenvalue weighted by Crippen LogP contribution is -2.83. The van der Waals surface area contributed by atoms with E-state index in [2.05, 4.69) is 17.0 Å². The summed E-state index contributed by atoms with van der Waals surface area (Å²) in [5, 5.41) is 43.2. The van der Waals surface area contributed by atoms with E-state index < -0.39 is 35.2 Å². The molecule has 2 aliphatic rings. The topological polar surface area (TPSA) is 96.6 Å². The van der Waals surface area contributed by atoms with Crippen LogP contribution in [0.3, 0.4) is 0 Å². The number of piperazine rings is 1. The minimum Gasteiger partial charge on any atom is -0.393 e. The molecule has 28 heavy (non-hydrogen) atoms. The molecule has 0 unspecified atom stereocenters. The molecule has 0 bridgehead atoms. The Hall–Kier alpha value is -1.06. The first kappa shape index (κ1) is 21.6. The molecular weight excluding hydrogens is 360 g/mol. The van der Waals surface area contributed by atoms with Crippen molar-refractivity contribution in [3.8, 4) is 0 Å². The van der Waals surface area contributed by atoms with Crippen molar-refractivity contribution in [1.29, 1.82) is 0 Å². The van der Waals surface area contributed by atoms with Crippen LogP contribution < -0.4 is 0 Å². The Balaban J connectivity index is 1.74. The van der Waals surface area contributed by atoms with E-state index in [9.17, 15) is 20.4 Å². The van der Waals surface area contributed by atoms with E-state index in [0.29, 0.717) is 13.1 Å². The molecule has 1 aromatic rings. The van der Waals surface area contributed by atoms with Crippen molar-refractivity contribution < 1.29 is 25.2 Å². The van der Waals surface area contributed by atoms with Gasteiger partial charge in [0.2, 0.25) is 0 Å². The minimum absolute atomic E-state index is 0.475. The minimum atomic E-state index is -1.89. The summed E-state index contributed by atoms with van der Waals surface area (Å²) < 4.78 is 6.08. The summed E-state index contributed by atoms with van der Waals surface area (Å²) in [5.41, 5.74) is -5.62. The van der Waals surface area contributed by atoms with Crippen LogP contribution in [0.25, 0.3) is 0 Å². The predicted octanol–water partition coefficient (Wildman–Crippen LogP) is 0.165. The van der Waals surface area contributed by atoms with E-state index in [1.807, 2.05) is 23.1 Å². The Morgan fingerprint density at radius 2 is 1.50 bits per heavy atom. The third kappa shape index (κ3) is 3.29. The fourth-order valence-corrected chi connectivity index (χ4v) is 4.34. The van der Waals surface area contributed by atoms with E-state index in [1.165, 1.54) is 26.3 Å². The van der Waals surface area contributed by atoms with Crippen molar-refractivity contribution >= 4 is 0 Å². The van der Waals surface area contributed by atoms with Crippen LogP contribution in [0.15, 0.2) is 30.3 Å². The highest BCUT2D eigenvalue weighted by Crippen LogP contribution is 2.49. The van der Waals surface area contributed by atoms with Crippen molar-refractivity contribution in [2.24, 2.45) is 0 Å². The third-order valence-corrected chi connectivity index (χ3v) is 7.11. The Kier molecular flexibility index (Phi) is 5.66. The van der Waals surface area contributed by atoms with Crippen LogP contribution in [-0.4, -0.2) is 91.6 Å². The average molecular weight is 395 g/mol. The molecule has 3 rings (SSSR count). The van der Waals surface area contributed by atoms with Gasteiger partial charge >= 0.3 is 0 Å². The molecule has 158 valence electrons. The molecule has 5 atom stereocenters. The molecule has 2 aliphatic heterocycles. The van der Waals surface area contributed by atoms with Crippen molar-refractivity contribution in [2.45, 2.75) is 62.9 Å². The number of ether oxygens (including phenoxy) is 1. The number of hydrogen-bond acceptors (Lipinski definition) is 7. The number of aliphatic hydroxyl groups is 4. The molecule has 0 radical (unpaired) electrons. The smallest absolute Gasteiger partial charge is 0.143 e. The summed E-state index contributed by atoms with van der Waals surface area (Å²) in [6, 6.07) is 10.3. The van der Waals surface area contributed by atoms with Crippen LogP contribution in [0.4, 0.5) is 0 Å². The second-order valence-corrected chi connectivity index (χ2v) is 8.95. The van der Waals surface area contributed by atoms with Gasteiger partial charge < -0.3 is 25.2 Å². The van der Waals surface area contributed by atoms with E-state index in [0.717, 1.165) is 19.6 Å². The quantitative estimate of drug-likeness (QED) is 0.578. The van der Waals surface area contributed by atoms with Gasteiger partial charge in [-0.1, -0.05) is 30.3 Å². The van der Waals surface area contributed by atoms with Crippen LogP contribution in [-0.2, 0) is 11.3 Å². The average Bonchev–Trinajstić information content (AvgIpc) is 2.66. The Morgan fingerprint density at radius 1 is 0.929 bits per heavy atom. The number of aliphatic hydroxyl groups excluding tert-OH is 1. The standard InChI is InChI=1S/C21H34N2O5/c1-18(15-24)20(3,26)21(4,27)19(2,25)17(28-18)23-12-10-22(11-13-23)14-16-8-6-5-7-9-16/h5-9,17,24-27H,10-15H2,1-4H3/t17-,18+,19-,20-,21-/m1/s1. The van der Waals surface area contributed by atoms with Crippen molar-refractivity contribution in [1.82, 2.24) is 9.80 Å². The summed E-state index contributed by atoms with van der Waals surface area (Å²) >= 11 is 0. The molecular formula is C21H34N2O5. The molecule has 0 amide bonds. The van der Waals surface area contributed by atoms with Crippen LogP contribution in [0.1, 0.15) is 33.3 Å². The van der Waals surface area contributed by atoms with Crippen LogP contribution in [0, 0.1) is 0 Å². The van der Waals surface area contributed by atoms with Gasteiger partial charge in [0.25, 0.3) is 0 Å². The first-order valence-corrected chi connectivity index (χ1v) is 9.92. The van der Waals surface area contributed by atoms with Crippen LogP contribution >= 0.6 is 0 Å². The van der Waals surface area contributed by atoms with Gasteiger partial charge in [-0.05, 0) is 33.3 Å². The maximum atomic E-state index is 11.2. The van der Waals surface area contributed by atoms with Gasteiger partial charge in [-0.25, -0.2) is 0 Å². The first-order chi connectivity index (χ1) is 13.0. The maximum Gasteiger partial charge on any atom is 0.143 e. The molecule has 2 saturated heterocycles. The molecule has 2 fully saturated rings. The summed E-state index contributed by atoms with van der Waals surface area (Å²) in [4.78, 5) is 4.32. The Morgan fingerprint density at radius 3 is 2.04 bits per heavy atom. The van der Waals surface area contributed by atoms with Gasteiger partial charge in [0, 0.05) is 32.7 Å². The molecule has 1 aromatic carbocycles. The summed E-state index contributed by atoms with van der Waals surface area (Å²) in [5.74, 6) is 0. The molecule has 0 aromatic heterocycles. The number of nitrogens with zero attached hydrogens (tertiary/aromatic N) is 2. The lowest BCUT2D eigenvalue weighted by Gasteiger charge is -2.63. The van der Waals surface area contributed by atoms with Gasteiger partial charge in [-0.15, -0.1) is 0 Å². The van der Waals surface area contributed by atoms with Gasteiger partial charge in [0.15, 0.2) is 0 Å². The zero-order chi connectivity index (χ0) is 20.8. The molecule has 7 nitrogen and oxygen atoms in total. The first-order valence-electron chi connectivity index (χ1n) is 9.92. The highest BCUT2D eigenvalue weighted by atomic mass is 16.6. The predicted molar refractivity (Wildman–Crippen MR) is 106 cm³/mol. The summed E-state index contributed by atoms with van der Waals surface area (Å²) in [6.07, 6.45) is -0.848. The van der Waals surface area contributed by atoms with Crippen LogP contribution in [0.5, 0.6) is 0 Å². The zero-order valence-electron chi connectivity index (χ0n) is 17.3. The lowest BCUT2D eigenvalue weighted by atomic mass is 9.63. The molecule has 7 heteroatoms. The zero-order valence-corrected chi connectivity index (χ0v) is 17.3. The highest BCUT2D eigenvalue weighted by molar-refractivity contribution is 5.20. The monoisotopic (exact) mass is 394 g/mol. The normalized spacial score (nSPS) is 43.2. The van der Waals surface area contributed by atoms with E-state index in [4.69, 9.17) is 4.74 Å². The Labute approximate surface area is 167 Å². The van der Waals surface area contributed by atoms with E-state index in [1.54, 1.807) is 6.92 Å². The molecule has 2 heterocycles. The van der Waals surface area contributed by atoms with Gasteiger partial charge in [0.05, 0.1) is 6.61 Å². The fraction of sp³-hybridized carbons (Fsp3) is 0.714. The fourth-order valence-electron chi connectivity index (χ4n) is 4.34. The van der Waals surface area contributed by atoms with Crippen LogP contribution in [0.2, 0.25) is 0 Å². The van der Waals surface area contributed by atoms with Crippen molar-refractivity contribution in [2.75, 3.05) is 32.8 Å². The SMILES string of the molecule is C[C@]1(O)[C@](C)(O)[C@](C)(O)[C@H](N2CCN(Cc3ccccc3)CC2)O[C@@]1(C)CO. The molecule has 0 saturated carbocycles. The molecule has 0 aliphatic carbocycles. The largest absolute Gasteiger partial charge is 0.393 e. The summed E-state index contributed by atoms with van der Waals surface area (Å²) in [6.45, 7) is 9.11. The van der Waals surface area contributed by atoms with Gasteiger partial charge in [-0.3, -0.25) is 9.80 Å². The van der Waals surface area contributed by atoms with E-state index >= 15 is 0 Å². The van der Waals surface area contributed by atoms with Crippen molar-refractivity contribution in [3.63, 3.8) is 0 Å². The van der Waals surface area contributed by atoms with Crippen molar-refractivity contribution in [3.05, 3.63) is 35.9 Å². The molecule has 0 spiro atoms. The van der Waals surface area contributed by atoms with E-state index in [-0.39, 0.29) is 0 Å². The number of hydrogen-bond donors (Lipinski definition) is 4. The summed E-state index contributed by atoms with van der Waals surface area (Å²) in [7, 11) is 0. The number of rotatable bonds is 4.